The molecule has 0 bridgehead atoms. The number of benzene rings is 1. The first kappa shape index (κ1) is 13.3. The van der Waals surface area contributed by atoms with Gasteiger partial charge in [-0.15, -0.1) is 0 Å². The maximum Gasteiger partial charge on any atom is 0.257 e. The molecule has 5 nitrogen and oxygen atoms in total. The van der Waals surface area contributed by atoms with Gasteiger partial charge in [0.25, 0.3) is 5.91 Å². The van der Waals surface area contributed by atoms with Gasteiger partial charge in [-0.3, -0.25) is 4.79 Å². The van der Waals surface area contributed by atoms with Crippen LogP contribution < -0.4 is 5.73 Å². The summed E-state index contributed by atoms with van der Waals surface area (Å²) in [4.78, 5) is 18.5. The number of morpholine rings is 1. The molecule has 6 heteroatoms. The number of anilines is 1. The Hall–Kier alpha value is -1.66. The number of pyridine rings is 1. The fourth-order valence-corrected chi connectivity index (χ4v) is 2.65. The first-order valence-electron chi connectivity index (χ1n) is 6.38. The minimum absolute atomic E-state index is 0.0832. The lowest BCUT2D eigenvalue weighted by molar-refractivity contribution is 0.0303. The summed E-state index contributed by atoms with van der Waals surface area (Å²) in [5.74, 6) is 0.191. The molecule has 3 rings (SSSR count). The van der Waals surface area contributed by atoms with Gasteiger partial charge in [-0.1, -0.05) is 15.9 Å². The van der Waals surface area contributed by atoms with E-state index in [4.69, 9.17) is 10.5 Å². The molecule has 104 valence electrons. The van der Waals surface area contributed by atoms with E-state index in [1.54, 1.807) is 11.0 Å². The number of nitrogens with zero attached hydrogens (tertiary/aromatic N) is 2. The number of rotatable bonds is 1. The molecule has 1 aromatic carbocycles. The smallest absolute Gasteiger partial charge is 0.257 e. The third kappa shape index (κ3) is 2.48. The third-order valence-electron chi connectivity index (χ3n) is 3.33. The second-order valence-electron chi connectivity index (χ2n) is 4.66. The number of halogens is 1. The number of fused-ring (bicyclic) bond motifs is 1. The first-order chi connectivity index (χ1) is 9.65. The molecule has 0 atom stereocenters. The molecule has 1 aliphatic heterocycles. The number of nitrogens with two attached hydrogens (primary N) is 1. The van der Waals surface area contributed by atoms with Crippen LogP contribution in [0.25, 0.3) is 10.9 Å². The highest BCUT2D eigenvalue weighted by molar-refractivity contribution is 9.10. The third-order valence-corrected chi connectivity index (χ3v) is 3.83. The zero-order valence-corrected chi connectivity index (χ0v) is 12.4. The highest BCUT2D eigenvalue weighted by Crippen LogP contribution is 2.23. The molecule has 1 amide bonds. The summed E-state index contributed by atoms with van der Waals surface area (Å²) >= 11 is 3.42. The van der Waals surface area contributed by atoms with Gasteiger partial charge in [0, 0.05) is 22.9 Å². The molecule has 2 aromatic rings. The second-order valence-corrected chi connectivity index (χ2v) is 5.58. The van der Waals surface area contributed by atoms with E-state index in [1.807, 2.05) is 18.2 Å². The van der Waals surface area contributed by atoms with Gasteiger partial charge in [0.1, 0.15) is 5.82 Å². The van der Waals surface area contributed by atoms with Crippen LogP contribution in [0, 0.1) is 0 Å². The van der Waals surface area contributed by atoms with E-state index in [9.17, 15) is 4.79 Å². The number of carbonyl (C=O) groups excluding carboxylic acids is 1. The second kappa shape index (κ2) is 5.38. The monoisotopic (exact) mass is 335 g/mol. The predicted octanol–water partition coefficient (Wildman–Crippen LogP) is 2.05. The highest BCUT2D eigenvalue weighted by atomic mass is 79.9. The lowest BCUT2D eigenvalue weighted by Crippen LogP contribution is -2.41. The maximum absolute atomic E-state index is 12.5. The summed E-state index contributed by atoms with van der Waals surface area (Å²) in [5.41, 5.74) is 7.17. The number of nitrogen functional groups attached to an aromatic ring is 1. The minimum atomic E-state index is -0.0832. The van der Waals surface area contributed by atoms with Crippen molar-refractivity contribution in [2.75, 3.05) is 32.0 Å². The van der Waals surface area contributed by atoms with Gasteiger partial charge in [-0.25, -0.2) is 4.98 Å². The molecule has 0 radical (unpaired) electrons. The summed E-state index contributed by atoms with van der Waals surface area (Å²) in [5, 5.41) is 0.894. The molecule has 2 N–H and O–H groups in total. The van der Waals surface area contributed by atoms with Crippen molar-refractivity contribution < 1.29 is 9.53 Å². The van der Waals surface area contributed by atoms with Crippen LogP contribution in [0.1, 0.15) is 10.4 Å². The van der Waals surface area contributed by atoms with Crippen molar-refractivity contribution in [1.82, 2.24) is 9.88 Å². The van der Waals surface area contributed by atoms with E-state index in [2.05, 4.69) is 20.9 Å². The average molecular weight is 336 g/mol. The molecule has 1 fully saturated rings. The Morgan fingerprint density at radius 1 is 1.30 bits per heavy atom. The lowest BCUT2D eigenvalue weighted by Gasteiger charge is -2.27. The molecule has 20 heavy (non-hydrogen) atoms. The van der Waals surface area contributed by atoms with Gasteiger partial charge in [0.05, 0.1) is 24.3 Å². The van der Waals surface area contributed by atoms with Gasteiger partial charge in [-0.05, 0) is 24.3 Å². The summed E-state index contributed by atoms with van der Waals surface area (Å²) < 4.78 is 6.20. The molecule has 0 spiro atoms. The summed E-state index contributed by atoms with van der Waals surface area (Å²) in [6.07, 6.45) is 0. The molecule has 0 aliphatic carbocycles. The van der Waals surface area contributed by atoms with Gasteiger partial charge >= 0.3 is 0 Å². The van der Waals surface area contributed by atoms with E-state index in [0.29, 0.717) is 31.9 Å². The molecular weight excluding hydrogens is 322 g/mol. The van der Waals surface area contributed by atoms with Crippen LogP contribution in [-0.2, 0) is 4.74 Å². The zero-order chi connectivity index (χ0) is 14.1. The van der Waals surface area contributed by atoms with Crippen molar-refractivity contribution in [3.63, 3.8) is 0 Å². The van der Waals surface area contributed by atoms with Gasteiger partial charge in [0.2, 0.25) is 0 Å². The van der Waals surface area contributed by atoms with Crippen LogP contribution in [0.4, 0.5) is 5.82 Å². The SMILES string of the molecule is Nc1nc2ccc(Br)cc2cc1C(=O)N1CCOCC1. The molecule has 0 unspecified atom stereocenters. The van der Waals surface area contributed by atoms with Crippen LogP contribution in [-0.4, -0.2) is 42.1 Å². The Morgan fingerprint density at radius 2 is 2.05 bits per heavy atom. The van der Waals surface area contributed by atoms with Crippen molar-refractivity contribution in [2.24, 2.45) is 0 Å². The molecular formula is C14H14BrN3O2. The quantitative estimate of drug-likeness (QED) is 0.865. The fraction of sp³-hybridized carbons (Fsp3) is 0.286. The van der Waals surface area contributed by atoms with Crippen LogP contribution in [0.2, 0.25) is 0 Å². The van der Waals surface area contributed by atoms with Gasteiger partial charge in [0.15, 0.2) is 0 Å². The number of hydrogen-bond acceptors (Lipinski definition) is 4. The molecule has 1 saturated heterocycles. The standard InChI is InChI=1S/C14H14BrN3O2/c15-10-1-2-12-9(7-10)8-11(13(16)17-12)14(19)18-3-5-20-6-4-18/h1-2,7-8H,3-6H2,(H2,16,17). The van der Waals surface area contributed by atoms with E-state index >= 15 is 0 Å². The van der Waals surface area contributed by atoms with Crippen LogP contribution in [0.15, 0.2) is 28.7 Å². The van der Waals surface area contributed by atoms with Crippen molar-refractivity contribution in [1.29, 1.82) is 0 Å². The van der Waals surface area contributed by atoms with E-state index in [0.717, 1.165) is 15.4 Å². The van der Waals surface area contributed by atoms with E-state index in [1.165, 1.54) is 0 Å². The minimum Gasteiger partial charge on any atom is -0.383 e. The Labute approximate surface area is 124 Å². The highest BCUT2D eigenvalue weighted by Gasteiger charge is 2.21. The number of carbonyl (C=O) groups is 1. The van der Waals surface area contributed by atoms with Gasteiger partial charge in [-0.2, -0.15) is 0 Å². The number of hydrogen-bond donors (Lipinski definition) is 1. The van der Waals surface area contributed by atoms with Crippen molar-refractivity contribution in [3.05, 3.63) is 34.3 Å². The maximum atomic E-state index is 12.5. The van der Waals surface area contributed by atoms with Crippen molar-refractivity contribution in [2.45, 2.75) is 0 Å². The Balaban J connectivity index is 2.01. The number of ether oxygens (including phenoxy) is 1. The number of aromatic nitrogens is 1. The van der Waals surface area contributed by atoms with Crippen LogP contribution in [0.3, 0.4) is 0 Å². The Morgan fingerprint density at radius 3 is 2.80 bits per heavy atom. The number of amides is 1. The molecule has 2 heterocycles. The molecule has 1 aromatic heterocycles. The molecule has 0 saturated carbocycles. The van der Waals surface area contributed by atoms with Crippen LogP contribution >= 0.6 is 15.9 Å². The summed E-state index contributed by atoms with van der Waals surface area (Å²) in [6, 6.07) is 7.51. The Bertz CT molecular complexity index is 669. The van der Waals surface area contributed by atoms with Crippen molar-refractivity contribution >= 4 is 38.6 Å². The topological polar surface area (TPSA) is 68.5 Å². The van der Waals surface area contributed by atoms with E-state index in [-0.39, 0.29) is 11.7 Å². The normalized spacial score (nSPS) is 15.6. The zero-order valence-electron chi connectivity index (χ0n) is 10.8. The lowest BCUT2D eigenvalue weighted by atomic mass is 10.1. The Kier molecular flexibility index (Phi) is 3.58. The largest absolute Gasteiger partial charge is 0.383 e. The van der Waals surface area contributed by atoms with E-state index < -0.39 is 0 Å². The van der Waals surface area contributed by atoms with Gasteiger partial charge < -0.3 is 15.4 Å². The molecule has 1 aliphatic rings. The van der Waals surface area contributed by atoms with Crippen molar-refractivity contribution in [3.8, 4) is 0 Å². The average Bonchev–Trinajstić information content (AvgIpc) is 2.47. The first-order valence-corrected chi connectivity index (χ1v) is 7.17. The summed E-state index contributed by atoms with van der Waals surface area (Å²) in [7, 11) is 0. The summed E-state index contributed by atoms with van der Waals surface area (Å²) in [6.45, 7) is 2.32. The fourth-order valence-electron chi connectivity index (χ4n) is 2.27. The predicted molar refractivity (Wildman–Crippen MR) is 80.6 cm³/mol. The van der Waals surface area contributed by atoms with Crippen LogP contribution in [0.5, 0.6) is 0 Å².